The van der Waals surface area contributed by atoms with Crippen LogP contribution < -0.4 is 9.47 Å². The second-order valence-electron chi connectivity index (χ2n) is 16.8. The fourth-order valence-corrected chi connectivity index (χ4v) is 8.94. The maximum Gasteiger partial charge on any atom is 0.514 e. The number of ether oxygens (including phenoxy) is 3. The van der Waals surface area contributed by atoms with E-state index < -0.39 is 65.9 Å². The highest BCUT2D eigenvalue weighted by molar-refractivity contribution is 6.74. The predicted molar refractivity (Wildman–Crippen MR) is 197 cm³/mol. The van der Waals surface area contributed by atoms with Gasteiger partial charge in [-0.1, -0.05) is 51.1 Å². The fourth-order valence-electron chi connectivity index (χ4n) is 7.49. The van der Waals surface area contributed by atoms with Gasteiger partial charge in [-0.2, -0.15) is 5.26 Å². The smallest absolute Gasteiger partial charge is 0.507 e. The molecule has 6 rings (SSSR count). The summed E-state index contributed by atoms with van der Waals surface area (Å²) in [5, 5.41) is 26.1. The van der Waals surface area contributed by atoms with Gasteiger partial charge in [0, 0.05) is 11.5 Å². The molecule has 1 N–H and O–H groups in total. The monoisotopic (exact) mass is 741 g/mol. The summed E-state index contributed by atoms with van der Waals surface area (Å²) in [6.07, 6.45) is -0.641. The molecule has 1 heterocycles. The summed E-state index contributed by atoms with van der Waals surface area (Å²) < 4.78 is 30.2. The molecule has 0 saturated heterocycles. The molecule has 2 aromatic carbocycles. The Morgan fingerprint density at radius 1 is 1.06 bits per heavy atom. The third-order valence-corrected chi connectivity index (χ3v) is 15.3. The lowest BCUT2D eigenvalue weighted by Gasteiger charge is -2.55. The van der Waals surface area contributed by atoms with E-state index >= 15 is 9.59 Å². The Hall–Kier alpha value is -4.77. The first-order valence-electron chi connectivity index (χ1n) is 17.7. The molecule has 12 nitrogen and oxygen atoms in total. The Morgan fingerprint density at radius 3 is 2.34 bits per heavy atom. The average Bonchev–Trinajstić information content (AvgIpc) is 3.47. The maximum atomic E-state index is 15.6. The van der Waals surface area contributed by atoms with E-state index in [1.165, 1.54) is 12.1 Å². The molecule has 4 atom stereocenters. The average molecular weight is 742 g/mol. The van der Waals surface area contributed by atoms with E-state index in [-0.39, 0.29) is 59.1 Å². The van der Waals surface area contributed by atoms with E-state index in [1.54, 1.807) is 20.8 Å². The molecule has 1 saturated carbocycles. The van der Waals surface area contributed by atoms with Crippen molar-refractivity contribution in [2.24, 2.45) is 11.8 Å². The highest BCUT2D eigenvalue weighted by atomic mass is 28.4. The van der Waals surface area contributed by atoms with Gasteiger partial charge in [0.25, 0.3) is 5.88 Å². The van der Waals surface area contributed by atoms with Crippen molar-refractivity contribution in [2.45, 2.75) is 96.4 Å². The van der Waals surface area contributed by atoms with Gasteiger partial charge in [-0.05, 0) is 100 Å². The maximum absolute atomic E-state index is 15.6. The van der Waals surface area contributed by atoms with Crippen molar-refractivity contribution < 1.29 is 42.6 Å². The highest BCUT2D eigenvalue weighted by Gasteiger charge is 2.69. The Balaban J connectivity index is 1.56. The molecule has 2 unspecified atom stereocenters. The molecular weight excluding hydrogens is 695 g/mol. The standard InChI is InChI=1S/C40H47N3O9Si/c1-38(2,3)50-37(47)49-27-17-16-23(20-41)25-18-24-19-26-31(43(7)8)33-30(36(42-51-33)48-21-22-14-12-11-13-15-22)35(46)40(26,52-53(9,10)39(4,5)6)34(45)28(24)32(44)29(25)27/h11-17,24,26,31,44H,18-19,21H2,1-10H3/t24?,26-,31-,40?/m0/s1. The van der Waals surface area contributed by atoms with Gasteiger partial charge in [0.15, 0.2) is 19.7 Å². The van der Waals surface area contributed by atoms with E-state index in [4.69, 9.17) is 23.2 Å². The van der Waals surface area contributed by atoms with Gasteiger partial charge < -0.3 is 28.3 Å². The zero-order valence-electron chi connectivity index (χ0n) is 31.9. The first-order valence-corrected chi connectivity index (χ1v) is 20.7. The van der Waals surface area contributed by atoms with Crippen LogP contribution in [0.3, 0.4) is 0 Å². The molecule has 280 valence electrons. The lowest BCUT2D eigenvalue weighted by molar-refractivity contribution is -0.140. The third kappa shape index (κ3) is 6.47. The molecule has 0 spiro atoms. The molecule has 0 amide bonds. The summed E-state index contributed by atoms with van der Waals surface area (Å²) in [7, 11) is 0.725. The van der Waals surface area contributed by atoms with Gasteiger partial charge in [0.2, 0.25) is 11.6 Å². The van der Waals surface area contributed by atoms with Crippen molar-refractivity contribution in [3.05, 3.63) is 81.6 Å². The summed E-state index contributed by atoms with van der Waals surface area (Å²) in [6, 6.07) is 13.8. The minimum atomic E-state index is -2.95. The first-order chi connectivity index (χ1) is 24.7. The minimum Gasteiger partial charge on any atom is -0.507 e. The Morgan fingerprint density at radius 2 is 1.74 bits per heavy atom. The number of benzene rings is 2. The van der Waals surface area contributed by atoms with Gasteiger partial charge >= 0.3 is 6.16 Å². The predicted octanol–water partition coefficient (Wildman–Crippen LogP) is 7.73. The second-order valence-corrected chi connectivity index (χ2v) is 21.5. The molecule has 13 heteroatoms. The Bertz CT molecular complexity index is 2050. The lowest BCUT2D eigenvalue weighted by atomic mass is 9.57. The van der Waals surface area contributed by atoms with Crippen LogP contribution in [0.2, 0.25) is 18.1 Å². The van der Waals surface area contributed by atoms with Crippen LogP contribution in [0.5, 0.6) is 11.6 Å². The van der Waals surface area contributed by atoms with Crippen LogP contribution in [0.1, 0.15) is 92.4 Å². The molecule has 3 aromatic rings. The van der Waals surface area contributed by atoms with E-state index in [2.05, 4.69) is 11.2 Å². The minimum absolute atomic E-state index is 0.0194. The Labute approximate surface area is 310 Å². The normalized spacial score (nSPS) is 22.7. The van der Waals surface area contributed by atoms with Gasteiger partial charge in [0.05, 0.1) is 23.2 Å². The number of fused-ring (bicyclic) bond motifs is 4. The van der Waals surface area contributed by atoms with Crippen LogP contribution in [-0.2, 0) is 27.0 Å². The van der Waals surface area contributed by atoms with Crippen LogP contribution in [0.25, 0.3) is 5.76 Å². The van der Waals surface area contributed by atoms with E-state index in [0.717, 1.165) is 5.56 Å². The van der Waals surface area contributed by atoms with Crippen molar-refractivity contribution in [3.8, 4) is 17.7 Å². The van der Waals surface area contributed by atoms with Gasteiger partial charge in [-0.25, -0.2) is 4.79 Å². The summed E-state index contributed by atoms with van der Waals surface area (Å²) in [6.45, 7) is 15.2. The van der Waals surface area contributed by atoms with Crippen molar-refractivity contribution in [3.63, 3.8) is 0 Å². The summed E-state index contributed by atoms with van der Waals surface area (Å²) in [4.78, 5) is 45.7. The molecule has 1 aromatic heterocycles. The molecule has 1 fully saturated rings. The van der Waals surface area contributed by atoms with Gasteiger partial charge in [-0.15, -0.1) is 0 Å². The van der Waals surface area contributed by atoms with Crippen LogP contribution in [-0.4, -0.2) is 66.5 Å². The molecule has 53 heavy (non-hydrogen) atoms. The van der Waals surface area contributed by atoms with Crippen LogP contribution >= 0.6 is 0 Å². The summed E-state index contributed by atoms with van der Waals surface area (Å²) in [5.41, 5.74) is -1.41. The summed E-state index contributed by atoms with van der Waals surface area (Å²) >= 11 is 0. The number of aromatic nitrogens is 1. The molecule has 3 aliphatic rings. The molecule has 0 bridgehead atoms. The number of nitrogens with zero attached hydrogens (tertiary/aromatic N) is 3. The van der Waals surface area contributed by atoms with Crippen molar-refractivity contribution in [1.82, 2.24) is 10.1 Å². The number of hydrogen-bond donors (Lipinski definition) is 1. The SMILES string of the molecule is CN(C)[C@@H]1c2onc(OCc3ccccc3)c2C(=O)C2(O[Si](C)(C)C(C)(C)C)C(=O)C3=C(O)c4c(OC(=O)OC(C)(C)C)ccc(C#N)c4CC3C[C@@H]12. The number of nitriles is 1. The van der Waals surface area contributed by atoms with E-state index in [1.807, 2.05) is 83.2 Å². The van der Waals surface area contributed by atoms with Gasteiger partial charge in [0.1, 0.15) is 29.3 Å². The zero-order valence-corrected chi connectivity index (χ0v) is 32.9. The number of Topliss-reactive ketones (excluding diaryl/α,β-unsaturated/α-hetero) is 2. The quantitative estimate of drug-likeness (QED) is 0.109. The number of aliphatic hydroxyl groups is 1. The number of hydrogen-bond acceptors (Lipinski definition) is 12. The third-order valence-electron chi connectivity index (χ3n) is 10.9. The number of aliphatic hydroxyl groups excluding tert-OH is 1. The van der Waals surface area contributed by atoms with Crippen LogP contribution in [0, 0.1) is 23.2 Å². The number of rotatable bonds is 7. The van der Waals surface area contributed by atoms with E-state index in [0.29, 0.717) is 5.56 Å². The summed E-state index contributed by atoms with van der Waals surface area (Å²) in [5.74, 6) is -3.05. The Kier molecular flexibility index (Phi) is 9.50. The van der Waals surface area contributed by atoms with Crippen molar-refractivity contribution in [2.75, 3.05) is 14.1 Å². The topological polar surface area (TPSA) is 161 Å². The van der Waals surface area contributed by atoms with Crippen LogP contribution in [0.15, 0.2) is 52.6 Å². The number of carbonyl (C=O) groups is 3. The highest BCUT2D eigenvalue weighted by Crippen LogP contribution is 2.59. The number of ketones is 2. The van der Waals surface area contributed by atoms with Crippen molar-refractivity contribution in [1.29, 1.82) is 5.26 Å². The first kappa shape index (κ1) is 38.0. The lowest BCUT2D eigenvalue weighted by Crippen LogP contribution is -2.68. The number of carbonyl (C=O) groups excluding carboxylic acids is 3. The van der Waals surface area contributed by atoms with Gasteiger partial charge in [-0.3, -0.25) is 14.5 Å². The fraction of sp³-hybridized carbons (Fsp3) is 0.475. The zero-order chi connectivity index (χ0) is 38.8. The van der Waals surface area contributed by atoms with Crippen LogP contribution in [0.4, 0.5) is 4.79 Å². The molecular formula is C40H47N3O9Si. The largest absolute Gasteiger partial charge is 0.514 e. The van der Waals surface area contributed by atoms with Crippen molar-refractivity contribution >= 4 is 31.8 Å². The molecule has 3 aliphatic carbocycles. The molecule has 0 radical (unpaired) electrons. The second kappa shape index (κ2) is 13.3. The molecule has 0 aliphatic heterocycles. The van der Waals surface area contributed by atoms with E-state index in [9.17, 15) is 15.2 Å².